The molecule has 0 spiro atoms. The van der Waals surface area contributed by atoms with Gasteiger partial charge in [0.1, 0.15) is 5.82 Å². The van der Waals surface area contributed by atoms with Gasteiger partial charge in [-0.1, -0.05) is 23.2 Å². The SMILES string of the molecule is O=C(Nc1ccc(C(F)(F)F)cc1)c1cccnc1Nc1ccc(Cl)c(Cl)c1. The lowest BCUT2D eigenvalue weighted by atomic mass is 10.2. The molecule has 0 fully saturated rings. The molecule has 0 aliphatic carbocycles. The van der Waals surface area contributed by atoms with Crippen molar-refractivity contribution in [1.82, 2.24) is 4.98 Å². The number of pyridine rings is 1. The topological polar surface area (TPSA) is 54.0 Å². The molecule has 0 aliphatic heterocycles. The lowest BCUT2D eigenvalue weighted by molar-refractivity contribution is -0.137. The molecular weight excluding hydrogens is 414 g/mol. The van der Waals surface area contributed by atoms with E-state index in [9.17, 15) is 18.0 Å². The summed E-state index contributed by atoms with van der Waals surface area (Å²) in [6.45, 7) is 0. The van der Waals surface area contributed by atoms with Crippen molar-refractivity contribution in [1.29, 1.82) is 0 Å². The van der Waals surface area contributed by atoms with E-state index >= 15 is 0 Å². The Bertz CT molecular complexity index is 1010. The second-order valence-electron chi connectivity index (χ2n) is 5.68. The van der Waals surface area contributed by atoms with Crippen LogP contribution < -0.4 is 10.6 Å². The molecule has 0 atom stereocenters. The number of carbonyl (C=O) groups is 1. The number of hydrogen-bond donors (Lipinski definition) is 2. The zero-order valence-corrected chi connectivity index (χ0v) is 15.5. The highest BCUT2D eigenvalue weighted by molar-refractivity contribution is 6.42. The summed E-state index contributed by atoms with van der Waals surface area (Å²) in [5, 5.41) is 6.24. The molecule has 1 aromatic heterocycles. The molecule has 0 aliphatic rings. The molecule has 3 rings (SSSR count). The van der Waals surface area contributed by atoms with Crippen LogP contribution in [0.1, 0.15) is 15.9 Å². The maximum absolute atomic E-state index is 12.6. The first-order chi connectivity index (χ1) is 13.2. The average molecular weight is 426 g/mol. The summed E-state index contributed by atoms with van der Waals surface area (Å²) < 4.78 is 37.9. The van der Waals surface area contributed by atoms with Crippen LogP contribution in [0.15, 0.2) is 60.8 Å². The number of nitrogens with one attached hydrogen (secondary N) is 2. The minimum atomic E-state index is -4.44. The summed E-state index contributed by atoms with van der Waals surface area (Å²) >= 11 is 11.9. The van der Waals surface area contributed by atoms with Crippen LogP contribution in [0.25, 0.3) is 0 Å². The van der Waals surface area contributed by atoms with E-state index in [1.54, 1.807) is 24.3 Å². The number of benzene rings is 2. The monoisotopic (exact) mass is 425 g/mol. The molecule has 28 heavy (non-hydrogen) atoms. The fourth-order valence-corrected chi connectivity index (χ4v) is 2.64. The first-order valence-electron chi connectivity index (χ1n) is 7.90. The predicted octanol–water partition coefficient (Wildman–Crippen LogP) is 6.40. The van der Waals surface area contributed by atoms with Gasteiger partial charge in [-0.3, -0.25) is 4.79 Å². The molecule has 0 unspecified atom stereocenters. The number of aromatic nitrogens is 1. The van der Waals surface area contributed by atoms with E-state index in [1.165, 1.54) is 24.4 Å². The van der Waals surface area contributed by atoms with Crippen molar-refractivity contribution in [3.05, 3.63) is 82.0 Å². The van der Waals surface area contributed by atoms with Crippen LogP contribution in [0.3, 0.4) is 0 Å². The number of nitrogens with zero attached hydrogens (tertiary/aromatic N) is 1. The van der Waals surface area contributed by atoms with Gasteiger partial charge in [-0.2, -0.15) is 13.2 Å². The van der Waals surface area contributed by atoms with Gasteiger partial charge >= 0.3 is 6.18 Å². The van der Waals surface area contributed by atoms with Gasteiger partial charge in [0.2, 0.25) is 0 Å². The number of rotatable bonds is 4. The maximum Gasteiger partial charge on any atom is 0.416 e. The Hall–Kier alpha value is -2.77. The van der Waals surface area contributed by atoms with Crippen molar-refractivity contribution in [2.24, 2.45) is 0 Å². The Labute approximate surface area is 168 Å². The quantitative estimate of drug-likeness (QED) is 0.508. The maximum atomic E-state index is 12.6. The summed E-state index contributed by atoms with van der Waals surface area (Å²) in [4.78, 5) is 16.7. The Balaban J connectivity index is 1.80. The molecule has 0 bridgehead atoms. The van der Waals surface area contributed by atoms with Crippen molar-refractivity contribution >= 4 is 46.3 Å². The van der Waals surface area contributed by atoms with E-state index in [2.05, 4.69) is 15.6 Å². The largest absolute Gasteiger partial charge is 0.416 e. The Morgan fingerprint density at radius 2 is 1.61 bits per heavy atom. The van der Waals surface area contributed by atoms with Gasteiger partial charge in [-0.25, -0.2) is 4.98 Å². The van der Waals surface area contributed by atoms with E-state index in [4.69, 9.17) is 23.2 Å². The minimum Gasteiger partial charge on any atom is -0.340 e. The zero-order valence-electron chi connectivity index (χ0n) is 14.0. The summed E-state index contributed by atoms with van der Waals surface area (Å²) in [5.74, 6) is -0.277. The second-order valence-corrected chi connectivity index (χ2v) is 6.50. The van der Waals surface area contributed by atoms with Gasteiger partial charge < -0.3 is 10.6 Å². The molecule has 4 nitrogen and oxygen atoms in total. The Morgan fingerprint density at radius 3 is 2.25 bits per heavy atom. The fraction of sp³-hybridized carbons (Fsp3) is 0.0526. The number of halogens is 5. The van der Waals surface area contributed by atoms with Gasteiger partial charge in [-0.05, 0) is 54.6 Å². The Kier molecular flexibility index (Phi) is 5.76. The molecule has 1 amide bonds. The predicted molar refractivity (Wildman–Crippen MR) is 103 cm³/mol. The molecule has 0 saturated carbocycles. The van der Waals surface area contributed by atoms with Crippen LogP contribution >= 0.6 is 23.2 Å². The molecule has 9 heteroatoms. The summed E-state index contributed by atoms with van der Waals surface area (Å²) in [6.07, 6.45) is -2.95. The van der Waals surface area contributed by atoms with E-state index in [-0.39, 0.29) is 17.1 Å². The van der Waals surface area contributed by atoms with E-state index < -0.39 is 17.6 Å². The number of amides is 1. The van der Waals surface area contributed by atoms with E-state index in [0.29, 0.717) is 15.7 Å². The smallest absolute Gasteiger partial charge is 0.340 e. The van der Waals surface area contributed by atoms with Crippen molar-refractivity contribution in [2.45, 2.75) is 6.18 Å². The molecule has 0 radical (unpaired) electrons. The van der Waals surface area contributed by atoms with Crippen molar-refractivity contribution in [3.8, 4) is 0 Å². The highest BCUT2D eigenvalue weighted by Crippen LogP contribution is 2.30. The zero-order chi connectivity index (χ0) is 20.3. The molecule has 1 heterocycles. The molecule has 0 saturated heterocycles. The summed E-state index contributed by atoms with van der Waals surface area (Å²) in [6, 6.07) is 12.1. The number of alkyl halides is 3. The van der Waals surface area contributed by atoms with E-state index in [1.807, 2.05) is 0 Å². The first kappa shape index (κ1) is 20.0. The second kappa shape index (κ2) is 8.08. The van der Waals surface area contributed by atoms with Gasteiger partial charge in [0.15, 0.2) is 0 Å². The van der Waals surface area contributed by atoms with Gasteiger partial charge in [0, 0.05) is 17.6 Å². The molecular formula is C19H12Cl2F3N3O. The number of hydrogen-bond acceptors (Lipinski definition) is 3. The van der Waals surface area contributed by atoms with Crippen LogP contribution in [0, 0.1) is 0 Å². The number of carbonyl (C=O) groups excluding carboxylic acids is 1. The minimum absolute atomic E-state index is 0.202. The highest BCUT2D eigenvalue weighted by atomic mass is 35.5. The van der Waals surface area contributed by atoms with Gasteiger partial charge in [0.25, 0.3) is 5.91 Å². The molecule has 2 aromatic carbocycles. The lowest BCUT2D eigenvalue weighted by Crippen LogP contribution is -2.15. The standard InChI is InChI=1S/C19H12Cl2F3N3O/c20-15-8-7-13(10-16(15)21)26-17-14(2-1-9-25-17)18(28)27-12-5-3-11(4-6-12)19(22,23)24/h1-10H,(H,25,26)(H,27,28). The Morgan fingerprint density at radius 1 is 0.929 bits per heavy atom. The van der Waals surface area contributed by atoms with Crippen molar-refractivity contribution in [3.63, 3.8) is 0 Å². The van der Waals surface area contributed by atoms with Gasteiger partial charge in [0.05, 0.1) is 21.2 Å². The summed E-state index contributed by atoms with van der Waals surface area (Å²) in [7, 11) is 0. The van der Waals surface area contributed by atoms with Crippen LogP contribution in [-0.2, 0) is 6.18 Å². The third kappa shape index (κ3) is 4.74. The third-order valence-corrected chi connectivity index (χ3v) is 4.44. The van der Waals surface area contributed by atoms with Crippen molar-refractivity contribution in [2.75, 3.05) is 10.6 Å². The van der Waals surface area contributed by atoms with Crippen LogP contribution in [0.4, 0.5) is 30.4 Å². The normalized spacial score (nSPS) is 11.2. The third-order valence-electron chi connectivity index (χ3n) is 3.70. The molecule has 3 aromatic rings. The van der Waals surface area contributed by atoms with Crippen molar-refractivity contribution < 1.29 is 18.0 Å². The first-order valence-corrected chi connectivity index (χ1v) is 8.65. The summed E-state index contributed by atoms with van der Waals surface area (Å²) in [5.41, 5.74) is 0.196. The number of anilines is 3. The van der Waals surface area contributed by atoms with Crippen LogP contribution in [-0.4, -0.2) is 10.9 Å². The highest BCUT2D eigenvalue weighted by Gasteiger charge is 2.30. The van der Waals surface area contributed by atoms with E-state index in [0.717, 1.165) is 12.1 Å². The van der Waals surface area contributed by atoms with Crippen LogP contribution in [0.2, 0.25) is 10.0 Å². The average Bonchev–Trinajstić information content (AvgIpc) is 2.65. The fourth-order valence-electron chi connectivity index (χ4n) is 2.34. The molecule has 144 valence electrons. The molecule has 2 N–H and O–H groups in total. The van der Waals surface area contributed by atoms with Crippen LogP contribution in [0.5, 0.6) is 0 Å². The lowest BCUT2D eigenvalue weighted by Gasteiger charge is -2.12. The van der Waals surface area contributed by atoms with Gasteiger partial charge in [-0.15, -0.1) is 0 Å².